The Morgan fingerprint density at radius 2 is 2.16 bits per heavy atom. The predicted molar refractivity (Wildman–Crippen MR) is 89.7 cm³/mol. The molecule has 2 aromatic heterocycles. The summed E-state index contributed by atoms with van der Waals surface area (Å²) in [4.78, 5) is 25.1. The van der Waals surface area contributed by atoms with Crippen molar-refractivity contribution in [2.45, 2.75) is 25.1 Å². The quantitative estimate of drug-likeness (QED) is 0.800. The second kappa shape index (κ2) is 6.89. The minimum atomic E-state index is -0.103. The van der Waals surface area contributed by atoms with Crippen molar-refractivity contribution in [2.75, 3.05) is 26.2 Å². The molecular weight excluding hydrogens is 320 g/mol. The minimum Gasteiger partial charge on any atom is -0.375 e. The zero-order chi connectivity index (χ0) is 17.2. The van der Waals surface area contributed by atoms with Crippen molar-refractivity contribution in [1.29, 1.82) is 0 Å². The summed E-state index contributed by atoms with van der Waals surface area (Å²) in [6, 6.07) is 4.27. The topological polar surface area (TPSA) is 76.4 Å². The van der Waals surface area contributed by atoms with Crippen molar-refractivity contribution in [3.05, 3.63) is 42.2 Å². The standard InChI is InChI=1S/C17H22N6O2/c1-21-12-19-16(20-21)17(24)23-7-4-15-14(11-23)22(8-9-25-15)10-13-2-5-18-6-3-13/h2-3,5-6,12,14-15H,4,7-11H2,1H3/t14-,15-/m0/s1. The maximum Gasteiger partial charge on any atom is 0.293 e. The number of carbonyl (C=O) groups is 1. The summed E-state index contributed by atoms with van der Waals surface area (Å²) in [5.74, 6) is 0.159. The lowest BCUT2D eigenvalue weighted by Crippen LogP contribution is -2.60. The summed E-state index contributed by atoms with van der Waals surface area (Å²) in [6.45, 7) is 3.78. The third-order valence-electron chi connectivity index (χ3n) is 4.91. The molecule has 4 rings (SSSR count). The average molecular weight is 342 g/mol. The molecular formula is C17H22N6O2. The van der Waals surface area contributed by atoms with Crippen LogP contribution >= 0.6 is 0 Å². The molecule has 8 nitrogen and oxygen atoms in total. The number of carbonyl (C=O) groups excluding carboxylic acids is 1. The predicted octanol–water partition coefficient (Wildman–Crippen LogP) is 0.326. The highest BCUT2D eigenvalue weighted by Crippen LogP contribution is 2.25. The number of amides is 1. The second-order valence-electron chi connectivity index (χ2n) is 6.58. The van der Waals surface area contributed by atoms with Gasteiger partial charge >= 0.3 is 0 Å². The number of fused-ring (bicyclic) bond motifs is 1. The average Bonchev–Trinajstić information content (AvgIpc) is 3.08. The lowest BCUT2D eigenvalue weighted by molar-refractivity contribution is -0.101. The van der Waals surface area contributed by atoms with Crippen LogP contribution in [0, 0.1) is 0 Å². The van der Waals surface area contributed by atoms with Crippen LogP contribution in [0.5, 0.6) is 0 Å². The highest BCUT2D eigenvalue weighted by molar-refractivity contribution is 5.90. The Balaban J connectivity index is 1.48. The van der Waals surface area contributed by atoms with E-state index in [4.69, 9.17) is 4.74 Å². The van der Waals surface area contributed by atoms with Crippen molar-refractivity contribution in [2.24, 2.45) is 7.05 Å². The summed E-state index contributed by atoms with van der Waals surface area (Å²) < 4.78 is 7.52. The van der Waals surface area contributed by atoms with Crippen LogP contribution < -0.4 is 0 Å². The van der Waals surface area contributed by atoms with Crippen LogP contribution in [0.3, 0.4) is 0 Å². The van der Waals surface area contributed by atoms with Gasteiger partial charge in [0.15, 0.2) is 0 Å². The number of hydrogen-bond donors (Lipinski definition) is 0. The van der Waals surface area contributed by atoms with E-state index in [0.717, 1.165) is 26.1 Å². The van der Waals surface area contributed by atoms with E-state index < -0.39 is 0 Å². The van der Waals surface area contributed by atoms with Crippen molar-refractivity contribution >= 4 is 5.91 Å². The number of aromatic nitrogens is 4. The van der Waals surface area contributed by atoms with E-state index in [9.17, 15) is 4.79 Å². The molecule has 2 aromatic rings. The SMILES string of the molecule is Cn1cnc(C(=O)N2CC[C@@H]3OCCN(Cc4ccncc4)[C@H]3C2)n1. The number of morpholine rings is 1. The van der Waals surface area contributed by atoms with Crippen LogP contribution in [0.2, 0.25) is 0 Å². The van der Waals surface area contributed by atoms with Crippen molar-refractivity contribution in [3.8, 4) is 0 Å². The number of likely N-dealkylation sites (tertiary alicyclic amines) is 1. The third kappa shape index (κ3) is 3.40. The molecule has 0 spiro atoms. The Bertz CT molecular complexity index is 734. The molecule has 0 bridgehead atoms. The van der Waals surface area contributed by atoms with Gasteiger partial charge in [0.25, 0.3) is 5.91 Å². The van der Waals surface area contributed by atoms with Crippen LogP contribution in [0.1, 0.15) is 22.6 Å². The van der Waals surface area contributed by atoms with Gasteiger partial charge in [0.2, 0.25) is 5.82 Å². The molecule has 25 heavy (non-hydrogen) atoms. The van der Waals surface area contributed by atoms with Gasteiger partial charge in [-0.3, -0.25) is 19.4 Å². The third-order valence-corrected chi connectivity index (χ3v) is 4.91. The van der Waals surface area contributed by atoms with E-state index in [1.165, 1.54) is 5.56 Å². The molecule has 0 radical (unpaired) electrons. The molecule has 8 heteroatoms. The largest absolute Gasteiger partial charge is 0.375 e. The van der Waals surface area contributed by atoms with Crippen molar-refractivity contribution in [3.63, 3.8) is 0 Å². The molecule has 2 saturated heterocycles. The Hall–Kier alpha value is -2.32. The van der Waals surface area contributed by atoms with Gasteiger partial charge in [0, 0.05) is 45.6 Å². The first-order valence-electron chi connectivity index (χ1n) is 8.60. The number of aryl methyl sites for hydroxylation is 1. The van der Waals surface area contributed by atoms with Crippen LogP contribution in [0.25, 0.3) is 0 Å². The molecule has 132 valence electrons. The Kier molecular flexibility index (Phi) is 4.46. The maximum atomic E-state index is 12.7. The van der Waals surface area contributed by atoms with Gasteiger partial charge in [-0.25, -0.2) is 4.98 Å². The van der Waals surface area contributed by atoms with E-state index in [1.807, 2.05) is 29.4 Å². The summed E-state index contributed by atoms with van der Waals surface area (Å²) in [7, 11) is 1.77. The van der Waals surface area contributed by atoms with E-state index in [1.54, 1.807) is 18.1 Å². The first-order valence-corrected chi connectivity index (χ1v) is 8.60. The first kappa shape index (κ1) is 16.2. The van der Waals surface area contributed by atoms with Gasteiger partial charge in [-0.2, -0.15) is 0 Å². The summed E-state index contributed by atoms with van der Waals surface area (Å²) >= 11 is 0. The minimum absolute atomic E-state index is 0.103. The van der Waals surface area contributed by atoms with Gasteiger partial charge in [-0.15, -0.1) is 5.10 Å². The lowest BCUT2D eigenvalue weighted by atomic mass is 9.98. The van der Waals surface area contributed by atoms with Crippen molar-refractivity contribution < 1.29 is 9.53 Å². The second-order valence-corrected chi connectivity index (χ2v) is 6.58. The van der Waals surface area contributed by atoms with E-state index >= 15 is 0 Å². The molecule has 2 fully saturated rings. The fourth-order valence-electron chi connectivity index (χ4n) is 3.62. The van der Waals surface area contributed by atoms with Crippen LogP contribution in [0.4, 0.5) is 0 Å². The maximum absolute atomic E-state index is 12.7. The number of ether oxygens (including phenoxy) is 1. The van der Waals surface area contributed by atoms with Crippen LogP contribution in [-0.4, -0.2) is 73.8 Å². The number of hydrogen-bond acceptors (Lipinski definition) is 6. The number of piperidine rings is 1. The Morgan fingerprint density at radius 3 is 2.92 bits per heavy atom. The van der Waals surface area contributed by atoms with Gasteiger partial charge in [0.1, 0.15) is 6.33 Å². The zero-order valence-corrected chi connectivity index (χ0v) is 14.3. The monoisotopic (exact) mass is 342 g/mol. The highest BCUT2D eigenvalue weighted by atomic mass is 16.5. The number of pyridine rings is 1. The molecule has 2 aliphatic rings. The van der Waals surface area contributed by atoms with Gasteiger partial charge in [0.05, 0.1) is 18.8 Å². The molecule has 0 aliphatic carbocycles. The molecule has 0 unspecified atom stereocenters. The number of nitrogens with zero attached hydrogens (tertiary/aromatic N) is 6. The van der Waals surface area contributed by atoms with Gasteiger partial charge < -0.3 is 9.64 Å². The fourth-order valence-corrected chi connectivity index (χ4v) is 3.62. The Morgan fingerprint density at radius 1 is 1.32 bits per heavy atom. The summed E-state index contributed by atoms with van der Waals surface area (Å²) in [5.41, 5.74) is 1.23. The van der Waals surface area contributed by atoms with Gasteiger partial charge in [-0.1, -0.05) is 0 Å². The molecule has 0 saturated carbocycles. The molecule has 0 aromatic carbocycles. The molecule has 2 aliphatic heterocycles. The summed E-state index contributed by atoms with van der Waals surface area (Å²) in [5, 5.41) is 4.14. The highest BCUT2D eigenvalue weighted by Gasteiger charge is 2.39. The van der Waals surface area contributed by atoms with Crippen LogP contribution in [-0.2, 0) is 18.3 Å². The van der Waals surface area contributed by atoms with E-state index in [-0.39, 0.29) is 23.9 Å². The fraction of sp³-hybridized carbons (Fsp3) is 0.529. The molecule has 2 atom stereocenters. The van der Waals surface area contributed by atoms with E-state index in [2.05, 4.69) is 20.0 Å². The van der Waals surface area contributed by atoms with Crippen LogP contribution in [0.15, 0.2) is 30.9 Å². The smallest absolute Gasteiger partial charge is 0.293 e. The molecule has 0 N–H and O–H groups in total. The first-order chi connectivity index (χ1) is 12.2. The van der Waals surface area contributed by atoms with E-state index in [0.29, 0.717) is 13.1 Å². The molecule has 4 heterocycles. The normalized spacial score (nSPS) is 24.1. The van der Waals surface area contributed by atoms with Crippen molar-refractivity contribution in [1.82, 2.24) is 29.5 Å². The zero-order valence-electron chi connectivity index (χ0n) is 14.3. The number of rotatable bonds is 3. The lowest BCUT2D eigenvalue weighted by Gasteiger charge is -2.46. The summed E-state index contributed by atoms with van der Waals surface area (Å²) in [6.07, 6.45) is 6.21. The Labute approximate surface area is 146 Å². The molecule has 1 amide bonds. The van der Waals surface area contributed by atoms with Gasteiger partial charge in [-0.05, 0) is 24.1 Å².